The first-order chi connectivity index (χ1) is 10.0. The van der Waals surface area contributed by atoms with Crippen molar-refractivity contribution < 1.29 is 18.4 Å². The third-order valence-corrected chi connectivity index (χ3v) is 2.85. The molecule has 0 spiro atoms. The summed E-state index contributed by atoms with van der Waals surface area (Å²) in [7, 11) is 0. The Morgan fingerprint density at radius 3 is 2.71 bits per heavy atom. The zero-order valence-electron chi connectivity index (χ0n) is 10.9. The molecule has 2 rings (SSSR count). The zero-order chi connectivity index (χ0) is 15.2. The lowest BCUT2D eigenvalue weighted by Gasteiger charge is -2.06. The zero-order valence-corrected chi connectivity index (χ0v) is 11.6. The van der Waals surface area contributed by atoms with Gasteiger partial charge in [0.1, 0.15) is 18.0 Å². The van der Waals surface area contributed by atoms with E-state index in [1.165, 1.54) is 18.4 Å². The quantitative estimate of drug-likeness (QED) is 0.834. The fraction of sp³-hybridized carbons (Fsp3) is 0.143. The maximum atomic E-state index is 13.0. The number of rotatable bonds is 5. The molecule has 0 saturated carbocycles. The van der Waals surface area contributed by atoms with E-state index in [0.29, 0.717) is 11.4 Å². The first kappa shape index (κ1) is 15.1. The Balaban J connectivity index is 1.80. The molecule has 0 aliphatic heterocycles. The number of benzene rings is 1. The summed E-state index contributed by atoms with van der Waals surface area (Å²) in [6.45, 7) is 0.210. The average Bonchev–Trinajstić information content (AvgIpc) is 2.94. The second-order valence-corrected chi connectivity index (χ2v) is 4.62. The molecule has 0 atom stereocenters. The summed E-state index contributed by atoms with van der Waals surface area (Å²) in [5.74, 6) is -0.952. The summed E-state index contributed by atoms with van der Waals surface area (Å²) < 4.78 is 18.0. The van der Waals surface area contributed by atoms with Gasteiger partial charge in [0.05, 0.1) is 17.8 Å². The Morgan fingerprint density at radius 2 is 2.05 bits per heavy atom. The van der Waals surface area contributed by atoms with Crippen LogP contribution in [0.5, 0.6) is 0 Å². The van der Waals surface area contributed by atoms with Crippen LogP contribution >= 0.6 is 11.6 Å². The maximum absolute atomic E-state index is 13.0. The van der Waals surface area contributed by atoms with Gasteiger partial charge in [0.25, 0.3) is 0 Å². The van der Waals surface area contributed by atoms with Crippen LogP contribution in [0.3, 0.4) is 0 Å². The predicted octanol–water partition coefficient (Wildman–Crippen LogP) is 2.72. The van der Waals surface area contributed by atoms with E-state index in [1.807, 2.05) is 0 Å². The van der Waals surface area contributed by atoms with E-state index in [4.69, 9.17) is 16.0 Å². The Bertz CT molecular complexity index is 644. The molecule has 0 aliphatic rings. The number of hydrogen-bond donors (Lipinski definition) is 2. The topological polar surface area (TPSA) is 71.3 Å². The number of halogens is 2. The minimum atomic E-state index is -0.578. The highest BCUT2D eigenvalue weighted by atomic mass is 35.5. The van der Waals surface area contributed by atoms with Gasteiger partial charge >= 0.3 is 0 Å². The molecule has 0 radical (unpaired) electrons. The highest BCUT2D eigenvalue weighted by Crippen LogP contribution is 2.19. The van der Waals surface area contributed by atoms with Gasteiger partial charge in [-0.15, -0.1) is 0 Å². The van der Waals surface area contributed by atoms with E-state index in [2.05, 4.69) is 10.6 Å². The molecule has 2 N–H and O–H groups in total. The second kappa shape index (κ2) is 6.90. The lowest BCUT2D eigenvalue weighted by atomic mass is 10.3. The first-order valence-electron chi connectivity index (χ1n) is 6.08. The van der Waals surface area contributed by atoms with Crippen LogP contribution in [0.4, 0.5) is 10.1 Å². The highest BCUT2D eigenvalue weighted by Gasteiger charge is 2.11. The van der Waals surface area contributed by atoms with Crippen LogP contribution in [0.1, 0.15) is 12.2 Å². The van der Waals surface area contributed by atoms with Gasteiger partial charge in [0.2, 0.25) is 11.8 Å². The largest absolute Gasteiger partial charge is 0.467 e. The third-order valence-electron chi connectivity index (χ3n) is 2.56. The molecule has 2 amide bonds. The fourth-order valence-corrected chi connectivity index (χ4v) is 1.77. The molecule has 1 heterocycles. The minimum Gasteiger partial charge on any atom is -0.467 e. The predicted molar refractivity (Wildman–Crippen MR) is 75.2 cm³/mol. The first-order valence-corrected chi connectivity index (χ1v) is 6.46. The van der Waals surface area contributed by atoms with Gasteiger partial charge in [0, 0.05) is 5.69 Å². The second-order valence-electron chi connectivity index (χ2n) is 4.21. The molecule has 0 unspecified atom stereocenters. The molecule has 0 saturated heterocycles. The number of carbonyl (C=O) groups is 2. The smallest absolute Gasteiger partial charge is 0.233 e. The summed E-state index contributed by atoms with van der Waals surface area (Å²) in [4.78, 5) is 23.2. The number of anilines is 1. The SMILES string of the molecule is O=C(CC(=O)Nc1ccc(F)c(Cl)c1)NCc1ccco1. The van der Waals surface area contributed by atoms with Crippen molar-refractivity contribution in [2.45, 2.75) is 13.0 Å². The molecule has 0 aliphatic carbocycles. The number of nitrogens with one attached hydrogen (secondary N) is 2. The van der Waals surface area contributed by atoms with E-state index in [-0.39, 0.29) is 18.0 Å². The summed E-state index contributed by atoms with van der Waals surface area (Å²) in [5, 5.41) is 4.90. The normalized spacial score (nSPS) is 10.2. The van der Waals surface area contributed by atoms with Crippen LogP contribution in [0, 0.1) is 5.82 Å². The van der Waals surface area contributed by atoms with Gasteiger partial charge in [-0.05, 0) is 30.3 Å². The molecular formula is C14H12ClFN2O3. The molecule has 5 nitrogen and oxygen atoms in total. The van der Waals surface area contributed by atoms with Gasteiger partial charge in [0.15, 0.2) is 0 Å². The van der Waals surface area contributed by atoms with Crippen molar-refractivity contribution in [3.05, 3.63) is 53.2 Å². The lowest BCUT2D eigenvalue weighted by Crippen LogP contribution is -2.27. The van der Waals surface area contributed by atoms with Crippen molar-refractivity contribution in [2.75, 3.05) is 5.32 Å². The average molecular weight is 311 g/mol. The summed E-state index contributed by atoms with van der Waals surface area (Å²) in [6.07, 6.45) is 1.14. The molecule has 1 aromatic carbocycles. The molecule has 110 valence electrons. The lowest BCUT2D eigenvalue weighted by molar-refractivity contribution is -0.127. The van der Waals surface area contributed by atoms with Crippen molar-refractivity contribution >= 4 is 29.1 Å². The monoisotopic (exact) mass is 310 g/mol. The fourth-order valence-electron chi connectivity index (χ4n) is 1.59. The van der Waals surface area contributed by atoms with Crippen molar-refractivity contribution in [1.29, 1.82) is 0 Å². The van der Waals surface area contributed by atoms with Gasteiger partial charge in [-0.1, -0.05) is 11.6 Å². The van der Waals surface area contributed by atoms with E-state index in [9.17, 15) is 14.0 Å². The number of amides is 2. The summed E-state index contributed by atoms with van der Waals surface area (Å²) in [5.41, 5.74) is 0.324. The Hall–Kier alpha value is -2.34. The standard InChI is InChI=1S/C14H12ClFN2O3/c15-11-6-9(3-4-12(11)16)18-14(20)7-13(19)17-8-10-2-1-5-21-10/h1-6H,7-8H2,(H,17,19)(H,18,20). The summed E-state index contributed by atoms with van der Waals surface area (Å²) >= 11 is 5.59. The summed E-state index contributed by atoms with van der Waals surface area (Å²) in [6, 6.07) is 7.18. The van der Waals surface area contributed by atoms with E-state index >= 15 is 0 Å². The number of furan rings is 1. The number of hydrogen-bond acceptors (Lipinski definition) is 3. The van der Waals surface area contributed by atoms with Crippen molar-refractivity contribution in [2.24, 2.45) is 0 Å². The maximum Gasteiger partial charge on any atom is 0.233 e. The van der Waals surface area contributed by atoms with Crippen LogP contribution < -0.4 is 10.6 Å². The number of carbonyl (C=O) groups excluding carboxylic acids is 2. The Labute approximate surface area is 125 Å². The van der Waals surface area contributed by atoms with E-state index < -0.39 is 17.6 Å². The molecule has 1 aromatic heterocycles. The van der Waals surface area contributed by atoms with Crippen LogP contribution in [0.2, 0.25) is 5.02 Å². The van der Waals surface area contributed by atoms with Gasteiger partial charge in [-0.2, -0.15) is 0 Å². The van der Waals surface area contributed by atoms with E-state index in [1.54, 1.807) is 12.1 Å². The minimum absolute atomic E-state index is 0.102. The molecule has 7 heteroatoms. The Kier molecular flexibility index (Phi) is 4.94. The van der Waals surface area contributed by atoms with Crippen LogP contribution in [-0.4, -0.2) is 11.8 Å². The van der Waals surface area contributed by atoms with Gasteiger partial charge in [-0.25, -0.2) is 4.39 Å². The molecule has 0 bridgehead atoms. The molecule has 0 fully saturated rings. The third kappa shape index (κ3) is 4.61. The van der Waals surface area contributed by atoms with Crippen molar-refractivity contribution in [1.82, 2.24) is 5.32 Å². The van der Waals surface area contributed by atoms with Crippen molar-refractivity contribution in [3.8, 4) is 0 Å². The molecular weight excluding hydrogens is 299 g/mol. The van der Waals surface area contributed by atoms with Gasteiger partial charge < -0.3 is 15.1 Å². The molecule has 21 heavy (non-hydrogen) atoms. The van der Waals surface area contributed by atoms with Gasteiger partial charge in [-0.3, -0.25) is 9.59 Å². The van der Waals surface area contributed by atoms with Crippen LogP contribution in [0.15, 0.2) is 41.0 Å². The highest BCUT2D eigenvalue weighted by molar-refractivity contribution is 6.31. The van der Waals surface area contributed by atoms with Crippen molar-refractivity contribution in [3.63, 3.8) is 0 Å². The van der Waals surface area contributed by atoms with E-state index in [0.717, 1.165) is 6.07 Å². The van der Waals surface area contributed by atoms with Crippen LogP contribution in [0.25, 0.3) is 0 Å². The Morgan fingerprint density at radius 1 is 1.24 bits per heavy atom. The molecule has 2 aromatic rings. The van der Waals surface area contributed by atoms with Crippen LogP contribution in [-0.2, 0) is 16.1 Å².